The number of rotatable bonds is 12. The summed E-state index contributed by atoms with van der Waals surface area (Å²) in [6, 6.07) is 21.8. The van der Waals surface area contributed by atoms with Crippen LogP contribution in [-0.4, -0.2) is 80.3 Å². The number of aliphatic hydroxyl groups excluding tert-OH is 1. The monoisotopic (exact) mass is 711 g/mol. The van der Waals surface area contributed by atoms with Crippen LogP contribution in [0.3, 0.4) is 0 Å². The summed E-state index contributed by atoms with van der Waals surface area (Å²) in [6.07, 6.45) is 2.31. The Morgan fingerprint density at radius 1 is 1.00 bits per heavy atom. The molecule has 0 saturated carbocycles. The van der Waals surface area contributed by atoms with Crippen molar-refractivity contribution in [3.63, 3.8) is 0 Å². The lowest BCUT2D eigenvalue weighted by atomic mass is 9.82. The lowest BCUT2D eigenvalue weighted by Crippen LogP contribution is -2.51. The maximum Gasteiger partial charge on any atom is 0.414 e. The molecule has 13 heteroatoms. The molecule has 2 saturated heterocycles. The Hall–Kier alpha value is -4.72. The summed E-state index contributed by atoms with van der Waals surface area (Å²) in [5.74, 6) is 1.18. The van der Waals surface area contributed by atoms with Gasteiger partial charge in [0.15, 0.2) is 5.60 Å². The van der Waals surface area contributed by atoms with Crippen LogP contribution in [-0.2, 0) is 39.4 Å². The second-order valence-corrected chi connectivity index (χ2v) is 18.8. The van der Waals surface area contributed by atoms with E-state index in [0.717, 1.165) is 33.9 Å². The number of hydrogen-bond acceptors (Lipinski definition) is 9. The average Bonchev–Trinajstić information content (AvgIpc) is 3.90. The molecule has 1 N–H and O–H groups in total. The summed E-state index contributed by atoms with van der Waals surface area (Å²) >= 11 is 0. The van der Waals surface area contributed by atoms with E-state index in [1.165, 1.54) is 5.19 Å². The molecule has 0 radical (unpaired) electrons. The van der Waals surface area contributed by atoms with Crippen molar-refractivity contribution in [3.8, 4) is 11.5 Å². The van der Waals surface area contributed by atoms with E-state index < -0.39 is 13.7 Å². The normalized spacial score (nSPS) is 22.9. The number of fused-ring (bicyclic) bond motifs is 2. The number of aryl methyl sites for hydroxylation is 1. The van der Waals surface area contributed by atoms with Gasteiger partial charge in [0, 0.05) is 42.9 Å². The van der Waals surface area contributed by atoms with Crippen molar-refractivity contribution >= 4 is 36.6 Å². The Bertz CT molecular complexity index is 1900. The van der Waals surface area contributed by atoms with Crippen molar-refractivity contribution in [3.05, 3.63) is 89.7 Å². The topological polar surface area (TPSA) is 128 Å². The Morgan fingerprint density at radius 2 is 1.73 bits per heavy atom. The van der Waals surface area contributed by atoms with Crippen LogP contribution >= 0.6 is 0 Å². The molecule has 3 aromatic carbocycles. The molecule has 0 aliphatic carbocycles. The van der Waals surface area contributed by atoms with Gasteiger partial charge in [-0.1, -0.05) is 54.7 Å². The van der Waals surface area contributed by atoms with Crippen LogP contribution in [0.1, 0.15) is 30.2 Å². The number of methoxy groups -OCH3 is 2. The Morgan fingerprint density at radius 3 is 2.39 bits per heavy atom. The molecule has 268 valence electrons. The number of carbonyl (C=O) groups excluding carboxylic acids is 2. The first-order valence-corrected chi connectivity index (χ1v) is 20.5. The first-order valence-electron chi connectivity index (χ1n) is 17.5. The van der Waals surface area contributed by atoms with Gasteiger partial charge in [0.05, 0.1) is 52.9 Å². The third-order valence-electron chi connectivity index (χ3n) is 11.0. The minimum Gasteiger partial charge on any atom is -0.497 e. The number of ether oxygens (including phenoxy) is 4. The van der Waals surface area contributed by atoms with Gasteiger partial charge < -0.3 is 29.0 Å². The van der Waals surface area contributed by atoms with Crippen molar-refractivity contribution in [1.82, 2.24) is 15.0 Å². The van der Waals surface area contributed by atoms with E-state index >= 15 is 4.79 Å². The Labute approximate surface area is 298 Å². The van der Waals surface area contributed by atoms with Crippen LogP contribution in [0.25, 0.3) is 0 Å². The van der Waals surface area contributed by atoms with Crippen LogP contribution in [0.15, 0.2) is 72.9 Å². The van der Waals surface area contributed by atoms with Crippen LogP contribution in [0.4, 0.5) is 16.2 Å². The molecule has 2 fully saturated rings. The number of hydrogen-bond donors (Lipinski definition) is 1. The highest BCUT2D eigenvalue weighted by atomic mass is 28.3. The number of cyclic esters (lactones) is 1. The van der Waals surface area contributed by atoms with E-state index in [4.69, 9.17) is 18.9 Å². The predicted octanol–water partition coefficient (Wildman–Crippen LogP) is 4.64. The van der Waals surface area contributed by atoms with Gasteiger partial charge in [-0.15, -0.1) is 5.10 Å². The third-order valence-corrected chi connectivity index (χ3v) is 15.3. The van der Waals surface area contributed by atoms with Gasteiger partial charge in [-0.25, -0.2) is 4.79 Å². The van der Waals surface area contributed by atoms with E-state index in [2.05, 4.69) is 42.5 Å². The van der Waals surface area contributed by atoms with Gasteiger partial charge in [0.25, 0.3) is 5.91 Å². The van der Waals surface area contributed by atoms with E-state index in [-0.39, 0.29) is 36.2 Å². The van der Waals surface area contributed by atoms with Gasteiger partial charge in [0.1, 0.15) is 18.1 Å². The number of amides is 2. The van der Waals surface area contributed by atoms with Crippen molar-refractivity contribution < 1.29 is 33.6 Å². The van der Waals surface area contributed by atoms with E-state index in [1.807, 2.05) is 65.7 Å². The molecular weight excluding hydrogens is 667 g/mol. The van der Waals surface area contributed by atoms with Gasteiger partial charge >= 0.3 is 6.09 Å². The number of anilines is 2. The van der Waals surface area contributed by atoms with Gasteiger partial charge in [-0.05, 0) is 60.0 Å². The summed E-state index contributed by atoms with van der Waals surface area (Å²) in [7, 11) is 0.956. The van der Waals surface area contributed by atoms with E-state index in [0.29, 0.717) is 44.8 Å². The quantitative estimate of drug-likeness (QED) is 0.209. The second-order valence-electron chi connectivity index (χ2n) is 14.1. The van der Waals surface area contributed by atoms with E-state index in [1.54, 1.807) is 23.8 Å². The molecule has 2 amide bonds. The maximum atomic E-state index is 15.1. The largest absolute Gasteiger partial charge is 0.497 e. The van der Waals surface area contributed by atoms with Gasteiger partial charge in [-0.3, -0.25) is 14.4 Å². The molecular formula is C38H45N5O7Si. The summed E-state index contributed by atoms with van der Waals surface area (Å²) < 4.78 is 25.4. The van der Waals surface area contributed by atoms with Gasteiger partial charge in [-0.2, -0.15) is 0 Å². The highest BCUT2D eigenvalue weighted by Crippen LogP contribution is 2.60. The molecule has 3 aliphatic heterocycles. The highest BCUT2D eigenvalue weighted by Gasteiger charge is 2.66. The average molecular weight is 712 g/mol. The molecule has 4 aromatic rings. The molecule has 3 aliphatic rings. The molecule has 4 atom stereocenters. The fraction of sp³-hybridized carbons (Fsp3) is 0.421. The summed E-state index contributed by atoms with van der Waals surface area (Å²) in [4.78, 5) is 30.7. The fourth-order valence-corrected chi connectivity index (χ4v) is 12.4. The van der Waals surface area contributed by atoms with Crippen molar-refractivity contribution in [2.45, 2.75) is 63.2 Å². The molecule has 1 spiro atoms. The fourth-order valence-electron chi connectivity index (χ4n) is 8.37. The lowest BCUT2D eigenvalue weighted by Gasteiger charge is -2.37. The minimum atomic E-state index is -2.34. The van der Waals surface area contributed by atoms with Crippen LogP contribution in [0, 0.1) is 5.92 Å². The maximum absolute atomic E-state index is 15.1. The minimum absolute atomic E-state index is 0.00684. The summed E-state index contributed by atoms with van der Waals surface area (Å²) in [5.41, 5.74) is 2.84. The zero-order valence-electron chi connectivity index (χ0n) is 29.7. The highest BCUT2D eigenvalue weighted by molar-refractivity contribution is 6.91. The number of carbonyl (C=O) groups is 2. The molecule has 51 heavy (non-hydrogen) atoms. The molecule has 4 heterocycles. The van der Waals surface area contributed by atoms with Crippen LogP contribution in [0.5, 0.6) is 11.5 Å². The number of benzene rings is 3. The predicted molar refractivity (Wildman–Crippen MR) is 194 cm³/mol. The number of aromatic nitrogens is 3. The number of aliphatic hydroxyl groups is 1. The first kappa shape index (κ1) is 34.7. The molecule has 0 bridgehead atoms. The molecule has 1 aromatic heterocycles. The molecule has 12 nitrogen and oxygen atoms in total. The Balaban J connectivity index is 1.26. The SMILES string of the molecule is COc1ccc([Si](C)(C)[C@@H]2[C@@H](CCn3cc(CCO)nn3)O[C@]3(C(=O)N(Cc4ccc(N5CCOC5=O)cc4)c4ccc(OC)cc43)[C@H]2C)cc1. The Kier molecular flexibility index (Phi) is 9.38. The second kappa shape index (κ2) is 13.8. The van der Waals surface area contributed by atoms with Crippen molar-refractivity contribution in [2.24, 2.45) is 5.92 Å². The zero-order chi connectivity index (χ0) is 35.9. The first-order chi connectivity index (χ1) is 24.6. The molecule has 0 unspecified atom stereocenters. The summed E-state index contributed by atoms with van der Waals surface area (Å²) in [6.45, 7) is 8.67. The van der Waals surface area contributed by atoms with Gasteiger partial charge in [0.2, 0.25) is 0 Å². The summed E-state index contributed by atoms with van der Waals surface area (Å²) in [5, 5.41) is 19.2. The van der Waals surface area contributed by atoms with Crippen LogP contribution < -0.4 is 24.5 Å². The van der Waals surface area contributed by atoms with E-state index in [9.17, 15) is 9.90 Å². The third kappa shape index (κ3) is 6.06. The standard InChI is InChI=1S/C38H45N5O7Si/c1-25-35(51(4,5)31-13-10-29(47-2)11-14-31)34(16-18-41-24-27(17-20-44)39-40-41)50-38(25)32-22-30(48-3)12-15-33(32)43(36(38)45)23-26-6-8-28(9-7-26)42-19-21-49-37(42)46/h6-15,22,24-25,34-35,44H,16-21,23H2,1-5H3/t25-,34+,35-,38+/m0/s1. The van der Waals surface area contributed by atoms with Crippen molar-refractivity contribution in [1.29, 1.82) is 0 Å². The van der Waals surface area contributed by atoms with Crippen molar-refractivity contribution in [2.75, 3.05) is 43.8 Å². The lowest BCUT2D eigenvalue weighted by molar-refractivity contribution is -0.146. The zero-order valence-corrected chi connectivity index (χ0v) is 30.7. The van der Waals surface area contributed by atoms with Crippen LogP contribution in [0.2, 0.25) is 18.6 Å². The molecule has 7 rings (SSSR count). The number of nitrogens with zero attached hydrogens (tertiary/aromatic N) is 5. The smallest absolute Gasteiger partial charge is 0.414 e.